The second-order valence-corrected chi connectivity index (χ2v) is 8.09. The molecule has 1 aromatic heterocycles. The highest BCUT2D eigenvalue weighted by molar-refractivity contribution is 5.93. The zero-order valence-corrected chi connectivity index (χ0v) is 17.0. The maximum absolute atomic E-state index is 14.9. The molecule has 1 fully saturated rings. The average molecular weight is 431 g/mol. The Morgan fingerprint density at radius 2 is 2.06 bits per heavy atom. The Labute approximate surface area is 178 Å². The number of fused-ring (bicyclic) bond motifs is 1. The van der Waals surface area contributed by atoms with Crippen LogP contribution in [-0.2, 0) is 6.42 Å². The second kappa shape index (κ2) is 8.34. The normalized spacial score (nSPS) is 18.2. The van der Waals surface area contributed by atoms with Gasteiger partial charge in [0.2, 0.25) is 5.88 Å². The number of ether oxygens (including phenoxy) is 1. The largest absolute Gasteiger partial charge is 0.473 e. The first-order chi connectivity index (χ1) is 14.8. The molecule has 4 rings (SSSR count). The van der Waals surface area contributed by atoms with Crippen LogP contribution < -0.4 is 15.8 Å². The van der Waals surface area contributed by atoms with Gasteiger partial charge in [0.25, 0.3) is 11.8 Å². The number of amides is 1. The van der Waals surface area contributed by atoms with Crippen molar-refractivity contribution in [3.8, 4) is 17.0 Å². The van der Waals surface area contributed by atoms with Crippen molar-refractivity contribution in [2.75, 3.05) is 13.1 Å². The number of benzene rings is 1. The lowest BCUT2D eigenvalue weighted by Crippen LogP contribution is -2.39. The molecule has 0 bridgehead atoms. The monoisotopic (exact) mass is 431 g/mol. The number of nitrogens with zero attached hydrogens (tertiary/aromatic N) is 1. The molecule has 2 heterocycles. The molecule has 1 atom stereocenters. The number of carbonyl (C=O) groups excluding carboxylic acids is 1. The van der Waals surface area contributed by atoms with Gasteiger partial charge >= 0.3 is 0 Å². The van der Waals surface area contributed by atoms with Crippen molar-refractivity contribution in [3.05, 3.63) is 59.6 Å². The molecule has 1 aliphatic heterocycles. The van der Waals surface area contributed by atoms with Crippen molar-refractivity contribution in [3.63, 3.8) is 0 Å². The molecular weight excluding hydrogens is 407 g/mol. The summed E-state index contributed by atoms with van der Waals surface area (Å²) >= 11 is 0. The Morgan fingerprint density at radius 3 is 2.71 bits per heavy atom. The number of primary amides is 1. The zero-order chi connectivity index (χ0) is 22.2. The fourth-order valence-corrected chi connectivity index (χ4v) is 3.81. The number of hydrogen-bond acceptors (Lipinski definition) is 4. The molecule has 2 aliphatic rings. The number of carbonyl (C=O) groups is 1. The van der Waals surface area contributed by atoms with Gasteiger partial charge in [-0.15, -0.1) is 0 Å². The quantitative estimate of drug-likeness (QED) is 0.620. The van der Waals surface area contributed by atoms with Crippen molar-refractivity contribution in [1.82, 2.24) is 10.3 Å². The molecule has 0 saturated heterocycles. The standard InChI is InChI=1S/C23H24F3N3O2/c1-2-23(25,26)12-28-11-15-6-8-17-18(10-20(21(27)30)29-22(17)31-15)16-7-5-14(9-19(16)24)13-3-4-13/h2,5,7,9-10,13,15,28H,1,3-4,6,8,11-12H2,(H2,27,30)/t15-/m0/s1. The maximum atomic E-state index is 14.9. The molecule has 31 heavy (non-hydrogen) atoms. The van der Waals surface area contributed by atoms with Gasteiger partial charge in [0, 0.05) is 17.7 Å². The minimum atomic E-state index is -3.01. The summed E-state index contributed by atoms with van der Waals surface area (Å²) in [5.41, 5.74) is 7.91. The molecule has 0 radical (unpaired) electrons. The van der Waals surface area contributed by atoms with Gasteiger partial charge in [-0.3, -0.25) is 4.79 Å². The van der Waals surface area contributed by atoms with Gasteiger partial charge in [0.15, 0.2) is 0 Å². The van der Waals surface area contributed by atoms with Crippen LogP contribution in [0.25, 0.3) is 11.1 Å². The summed E-state index contributed by atoms with van der Waals surface area (Å²) in [7, 11) is 0. The first-order valence-corrected chi connectivity index (χ1v) is 10.3. The van der Waals surface area contributed by atoms with E-state index in [4.69, 9.17) is 10.5 Å². The third kappa shape index (κ3) is 4.74. The molecule has 1 aliphatic carbocycles. The van der Waals surface area contributed by atoms with E-state index in [2.05, 4.69) is 16.9 Å². The predicted molar refractivity (Wildman–Crippen MR) is 111 cm³/mol. The van der Waals surface area contributed by atoms with E-state index < -0.39 is 24.5 Å². The molecule has 1 saturated carbocycles. The van der Waals surface area contributed by atoms with Crippen molar-refractivity contribution < 1.29 is 22.7 Å². The molecule has 0 unspecified atom stereocenters. The van der Waals surface area contributed by atoms with Gasteiger partial charge in [0.1, 0.15) is 17.6 Å². The summed E-state index contributed by atoms with van der Waals surface area (Å²) in [6, 6.07) is 6.65. The molecule has 1 aromatic carbocycles. The molecule has 8 heteroatoms. The van der Waals surface area contributed by atoms with E-state index in [0.29, 0.717) is 41.5 Å². The van der Waals surface area contributed by atoms with E-state index in [9.17, 15) is 18.0 Å². The van der Waals surface area contributed by atoms with Gasteiger partial charge in [-0.2, -0.15) is 0 Å². The second-order valence-electron chi connectivity index (χ2n) is 8.09. The fraction of sp³-hybridized carbons (Fsp3) is 0.391. The van der Waals surface area contributed by atoms with E-state index in [1.54, 1.807) is 12.1 Å². The highest BCUT2D eigenvalue weighted by atomic mass is 19.3. The van der Waals surface area contributed by atoms with Crippen LogP contribution in [0.15, 0.2) is 36.9 Å². The number of nitrogens with two attached hydrogens (primary N) is 1. The lowest BCUT2D eigenvalue weighted by Gasteiger charge is -2.28. The molecule has 5 nitrogen and oxygen atoms in total. The van der Waals surface area contributed by atoms with Gasteiger partial charge in [0.05, 0.1) is 6.54 Å². The van der Waals surface area contributed by atoms with E-state index in [0.717, 1.165) is 18.4 Å². The van der Waals surface area contributed by atoms with Gasteiger partial charge in [-0.25, -0.2) is 18.2 Å². The van der Waals surface area contributed by atoms with Crippen LogP contribution in [0.5, 0.6) is 5.88 Å². The summed E-state index contributed by atoms with van der Waals surface area (Å²) < 4.78 is 47.5. The van der Waals surface area contributed by atoms with E-state index >= 15 is 0 Å². The summed E-state index contributed by atoms with van der Waals surface area (Å²) in [6.45, 7) is 2.73. The summed E-state index contributed by atoms with van der Waals surface area (Å²) in [5.74, 6) is -3.54. The van der Waals surface area contributed by atoms with Crippen molar-refractivity contribution in [1.29, 1.82) is 0 Å². The first kappa shape index (κ1) is 21.4. The van der Waals surface area contributed by atoms with Crippen LogP contribution in [0.3, 0.4) is 0 Å². The first-order valence-electron chi connectivity index (χ1n) is 10.3. The molecule has 2 aromatic rings. The smallest absolute Gasteiger partial charge is 0.278 e. The number of halogens is 3. The minimum Gasteiger partial charge on any atom is -0.473 e. The Morgan fingerprint density at radius 1 is 1.29 bits per heavy atom. The van der Waals surface area contributed by atoms with E-state index in [-0.39, 0.29) is 23.9 Å². The number of pyridine rings is 1. The molecule has 0 spiro atoms. The van der Waals surface area contributed by atoms with Gasteiger partial charge in [-0.1, -0.05) is 18.7 Å². The van der Waals surface area contributed by atoms with E-state index in [1.807, 2.05) is 6.07 Å². The molecule has 1 amide bonds. The van der Waals surface area contributed by atoms with Crippen molar-refractivity contribution in [2.45, 2.75) is 43.6 Å². The van der Waals surface area contributed by atoms with Crippen LogP contribution in [0, 0.1) is 5.82 Å². The van der Waals surface area contributed by atoms with Crippen LogP contribution in [0.1, 0.15) is 46.8 Å². The number of rotatable bonds is 8. The molecular formula is C23H24F3N3O2. The summed E-state index contributed by atoms with van der Waals surface area (Å²) in [5, 5.41) is 2.67. The SMILES string of the molecule is C=CC(F)(F)CNC[C@@H]1CCc2c(-c3ccc(C4CC4)cc3F)cc(C(N)=O)nc2O1. The Bertz CT molecular complexity index is 1020. The Balaban J connectivity index is 1.60. The van der Waals surface area contributed by atoms with Crippen LogP contribution >= 0.6 is 0 Å². The number of alkyl halides is 2. The summed E-state index contributed by atoms with van der Waals surface area (Å²) in [4.78, 5) is 16.0. The minimum absolute atomic E-state index is 0.0359. The topological polar surface area (TPSA) is 77.2 Å². The molecule has 164 valence electrons. The molecule has 3 N–H and O–H groups in total. The van der Waals surface area contributed by atoms with Crippen LogP contribution in [-0.4, -0.2) is 36.0 Å². The third-order valence-electron chi connectivity index (χ3n) is 5.70. The summed E-state index contributed by atoms with van der Waals surface area (Å²) in [6.07, 6.45) is 3.34. The van der Waals surface area contributed by atoms with Crippen LogP contribution in [0.2, 0.25) is 0 Å². The highest BCUT2D eigenvalue weighted by Crippen LogP contribution is 2.42. The Kier molecular flexibility index (Phi) is 5.75. The van der Waals surface area contributed by atoms with E-state index in [1.165, 1.54) is 6.07 Å². The van der Waals surface area contributed by atoms with Crippen molar-refractivity contribution in [2.24, 2.45) is 5.73 Å². The third-order valence-corrected chi connectivity index (χ3v) is 5.70. The van der Waals surface area contributed by atoms with Crippen molar-refractivity contribution >= 4 is 5.91 Å². The van der Waals surface area contributed by atoms with Gasteiger partial charge < -0.3 is 15.8 Å². The lowest BCUT2D eigenvalue weighted by molar-refractivity contribution is 0.0510. The highest BCUT2D eigenvalue weighted by Gasteiger charge is 2.29. The number of hydrogen-bond donors (Lipinski definition) is 2. The lowest BCUT2D eigenvalue weighted by atomic mass is 9.93. The zero-order valence-electron chi connectivity index (χ0n) is 17.0. The average Bonchev–Trinajstić information content (AvgIpc) is 3.58. The maximum Gasteiger partial charge on any atom is 0.278 e. The number of nitrogens with one attached hydrogen (secondary N) is 1. The predicted octanol–water partition coefficient (Wildman–Crippen LogP) is 3.97. The number of aromatic nitrogens is 1. The fourth-order valence-electron chi connectivity index (χ4n) is 3.81. The van der Waals surface area contributed by atoms with Crippen LogP contribution in [0.4, 0.5) is 13.2 Å². The van der Waals surface area contributed by atoms with Gasteiger partial charge in [-0.05, 0) is 60.9 Å². The Hall–Kier alpha value is -2.87.